The summed E-state index contributed by atoms with van der Waals surface area (Å²) >= 11 is 0. The lowest BCUT2D eigenvalue weighted by Gasteiger charge is -2.36. The fourth-order valence-corrected chi connectivity index (χ4v) is 6.16. The molecule has 10 heteroatoms. The van der Waals surface area contributed by atoms with Crippen LogP contribution in [-0.2, 0) is 21.3 Å². The van der Waals surface area contributed by atoms with Gasteiger partial charge in [-0.25, -0.2) is 13.1 Å². The molecule has 1 saturated heterocycles. The van der Waals surface area contributed by atoms with Crippen LogP contribution in [0, 0.1) is 0 Å². The topological polar surface area (TPSA) is 116 Å². The van der Waals surface area contributed by atoms with E-state index in [0.717, 1.165) is 12.1 Å². The second-order valence-corrected chi connectivity index (χ2v) is 10.3. The van der Waals surface area contributed by atoms with Crippen LogP contribution in [0.3, 0.4) is 0 Å². The molecular formula is C22H32N4O5S. The summed E-state index contributed by atoms with van der Waals surface area (Å²) in [6.45, 7) is 0.422. The minimum atomic E-state index is -3.81. The number of rotatable bonds is 9. The number of hydrogen-bond acceptors (Lipinski definition) is 7. The van der Waals surface area contributed by atoms with E-state index in [1.165, 1.54) is 38.9 Å². The van der Waals surface area contributed by atoms with E-state index < -0.39 is 22.2 Å². The van der Waals surface area contributed by atoms with Gasteiger partial charge in [-0.2, -0.15) is 0 Å². The number of aromatic nitrogens is 3. The van der Waals surface area contributed by atoms with E-state index in [0.29, 0.717) is 25.3 Å². The number of nitrogens with one attached hydrogen (secondary N) is 1. The Balaban J connectivity index is 1.33. The van der Waals surface area contributed by atoms with Crippen molar-refractivity contribution in [2.45, 2.75) is 80.6 Å². The Morgan fingerprint density at radius 1 is 1.22 bits per heavy atom. The molecule has 0 spiro atoms. The van der Waals surface area contributed by atoms with Crippen LogP contribution in [0.2, 0.25) is 0 Å². The Kier molecular flexibility index (Phi) is 7.44. The van der Waals surface area contributed by atoms with Crippen LogP contribution in [0.15, 0.2) is 35.4 Å². The first-order valence-corrected chi connectivity index (χ1v) is 12.8. The lowest BCUT2D eigenvalue weighted by Crippen LogP contribution is -2.51. The van der Waals surface area contributed by atoms with E-state index >= 15 is 0 Å². The minimum Gasteiger partial charge on any atom is -0.495 e. The number of ether oxygens (including phenoxy) is 2. The number of aliphatic hydroxyl groups excluding tert-OH is 1. The van der Waals surface area contributed by atoms with Crippen molar-refractivity contribution in [3.8, 4) is 5.75 Å². The molecule has 1 aromatic carbocycles. The van der Waals surface area contributed by atoms with Gasteiger partial charge in [-0.1, -0.05) is 30.2 Å². The Hall–Kier alpha value is -2.01. The Bertz CT molecular complexity index is 990. The summed E-state index contributed by atoms with van der Waals surface area (Å²) in [5.41, 5.74) is 1.08. The van der Waals surface area contributed by atoms with Crippen molar-refractivity contribution < 1.29 is 23.0 Å². The normalized spacial score (nSPS) is 24.6. The first kappa shape index (κ1) is 23.2. The fourth-order valence-electron chi connectivity index (χ4n) is 4.69. The zero-order valence-electron chi connectivity index (χ0n) is 18.4. The molecule has 1 aliphatic carbocycles. The second kappa shape index (κ2) is 10.3. The number of nitrogens with zero attached hydrogens (tertiary/aromatic N) is 3. The summed E-state index contributed by atoms with van der Waals surface area (Å²) in [5.74, 6) is 0.811. The van der Waals surface area contributed by atoms with Gasteiger partial charge < -0.3 is 14.6 Å². The maximum atomic E-state index is 12.9. The minimum absolute atomic E-state index is 0.0710. The van der Waals surface area contributed by atoms with E-state index in [-0.39, 0.29) is 23.4 Å². The zero-order chi connectivity index (χ0) is 22.6. The van der Waals surface area contributed by atoms with Gasteiger partial charge in [-0.05, 0) is 44.2 Å². The van der Waals surface area contributed by atoms with Crippen molar-refractivity contribution in [2.75, 3.05) is 13.7 Å². The molecule has 2 aliphatic rings. The SMILES string of the molecule is COc1ccccc1S(=O)(=O)N[C@@H]1CC[C@H](CCn2cc(C3CCCC3)nn2)O[C@H]1CO. The van der Waals surface area contributed by atoms with E-state index in [1.54, 1.807) is 18.2 Å². The highest BCUT2D eigenvalue weighted by Crippen LogP contribution is 2.32. The summed E-state index contributed by atoms with van der Waals surface area (Å²) < 4.78 is 41.6. The molecule has 0 bridgehead atoms. The molecule has 2 fully saturated rings. The van der Waals surface area contributed by atoms with Crippen LogP contribution >= 0.6 is 0 Å². The average Bonchev–Trinajstić information content (AvgIpc) is 3.50. The van der Waals surface area contributed by atoms with Gasteiger partial charge in [0, 0.05) is 18.7 Å². The average molecular weight is 465 g/mol. The first-order chi connectivity index (χ1) is 15.5. The Morgan fingerprint density at radius 2 is 2.00 bits per heavy atom. The van der Waals surface area contributed by atoms with Crippen LogP contribution in [0.4, 0.5) is 0 Å². The molecule has 32 heavy (non-hydrogen) atoms. The van der Waals surface area contributed by atoms with Crippen LogP contribution < -0.4 is 9.46 Å². The second-order valence-electron chi connectivity index (χ2n) is 8.61. The molecule has 4 rings (SSSR count). The van der Waals surface area contributed by atoms with Crippen molar-refractivity contribution in [3.05, 3.63) is 36.2 Å². The van der Waals surface area contributed by atoms with Crippen molar-refractivity contribution in [1.29, 1.82) is 0 Å². The molecule has 0 unspecified atom stereocenters. The number of para-hydroxylation sites is 1. The number of aliphatic hydroxyl groups is 1. The fraction of sp³-hybridized carbons (Fsp3) is 0.636. The van der Waals surface area contributed by atoms with Gasteiger partial charge in [-0.15, -0.1) is 5.10 Å². The molecule has 1 saturated carbocycles. The summed E-state index contributed by atoms with van der Waals surface area (Å²) in [5, 5.41) is 18.4. The maximum absolute atomic E-state index is 12.9. The predicted octanol–water partition coefficient (Wildman–Crippen LogP) is 2.22. The molecule has 9 nitrogen and oxygen atoms in total. The van der Waals surface area contributed by atoms with E-state index in [9.17, 15) is 13.5 Å². The number of benzene rings is 1. The monoisotopic (exact) mass is 464 g/mol. The molecule has 176 valence electrons. The van der Waals surface area contributed by atoms with Gasteiger partial charge in [0.05, 0.1) is 37.7 Å². The summed E-state index contributed by atoms with van der Waals surface area (Å²) in [6, 6.07) is 5.96. The molecule has 3 atom stereocenters. The third-order valence-electron chi connectivity index (χ3n) is 6.47. The van der Waals surface area contributed by atoms with Gasteiger partial charge in [0.2, 0.25) is 10.0 Å². The van der Waals surface area contributed by atoms with Gasteiger partial charge in [0.25, 0.3) is 0 Å². The van der Waals surface area contributed by atoms with Gasteiger partial charge in [0.1, 0.15) is 10.6 Å². The molecule has 2 aromatic rings. The smallest absolute Gasteiger partial charge is 0.244 e. The summed E-state index contributed by atoms with van der Waals surface area (Å²) in [4.78, 5) is 0.0746. The predicted molar refractivity (Wildman–Crippen MR) is 118 cm³/mol. The highest BCUT2D eigenvalue weighted by atomic mass is 32.2. The molecule has 1 aliphatic heterocycles. The third kappa shape index (κ3) is 5.31. The van der Waals surface area contributed by atoms with Crippen molar-refractivity contribution in [3.63, 3.8) is 0 Å². The summed E-state index contributed by atoms with van der Waals surface area (Å²) in [6.07, 6.45) is 8.26. The van der Waals surface area contributed by atoms with Crippen molar-refractivity contribution >= 4 is 10.0 Å². The maximum Gasteiger partial charge on any atom is 0.244 e. The molecule has 0 radical (unpaired) electrons. The van der Waals surface area contributed by atoms with Gasteiger partial charge >= 0.3 is 0 Å². The van der Waals surface area contributed by atoms with E-state index in [4.69, 9.17) is 9.47 Å². The lowest BCUT2D eigenvalue weighted by atomic mass is 9.98. The van der Waals surface area contributed by atoms with Crippen molar-refractivity contribution in [2.24, 2.45) is 0 Å². The highest BCUT2D eigenvalue weighted by Gasteiger charge is 2.34. The number of sulfonamides is 1. The zero-order valence-corrected chi connectivity index (χ0v) is 19.2. The van der Waals surface area contributed by atoms with Gasteiger partial charge in [-0.3, -0.25) is 4.68 Å². The first-order valence-electron chi connectivity index (χ1n) is 11.3. The van der Waals surface area contributed by atoms with Crippen LogP contribution in [0.25, 0.3) is 0 Å². The number of aryl methyl sites for hydroxylation is 1. The Morgan fingerprint density at radius 3 is 2.75 bits per heavy atom. The van der Waals surface area contributed by atoms with Crippen LogP contribution in [0.5, 0.6) is 5.75 Å². The van der Waals surface area contributed by atoms with Crippen molar-refractivity contribution in [1.82, 2.24) is 19.7 Å². The number of methoxy groups -OCH3 is 1. The van der Waals surface area contributed by atoms with E-state index in [2.05, 4.69) is 15.0 Å². The molecular weight excluding hydrogens is 432 g/mol. The molecule has 2 heterocycles. The molecule has 1 aromatic heterocycles. The quantitative estimate of drug-likeness (QED) is 0.585. The highest BCUT2D eigenvalue weighted by molar-refractivity contribution is 7.89. The number of hydrogen-bond donors (Lipinski definition) is 2. The van der Waals surface area contributed by atoms with Crippen LogP contribution in [0.1, 0.15) is 56.6 Å². The van der Waals surface area contributed by atoms with E-state index in [1.807, 2.05) is 10.9 Å². The van der Waals surface area contributed by atoms with Crippen LogP contribution in [-0.4, -0.2) is 60.5 Å². The lowest BCUT2D eigenvalue weighted by molar-refractivity contribution is -0.0891. The standard InChI is InChI=1S/C22H32N4O5S/c1-30-20-8-4-5-9-22(20)32(28,29)24-18-11-10-17(31-21(18)15-27)12-13-26-14-19(23-25-26)16-6-2-3-7-16/h4-5,8-9,14,16-18,21,24,27H,2-3,6-7,10-13,15H2,1H3/t17-,18-,21+/m1/s1. The third-order valence-corrected chi connectivity index (χ3v) is 8.00. The largest absolute Gasteiger partial charge is 0.495 e. The Labute approximate surface area is 189 Å². The molecule has 0 amide bonds. The molecule has 2 N–H and O–H groups in total. The summed E-state index contributed by atoms with van der Waals surface area (Å²) in [7, 11) is -2.38. The van der Waals surface area contributed by atoms with Gasteiger partial charge in [0.15, 0.2) is 0 Å².